The number of benzene rings is 1. The van der Waals surface area contributed by atoms with E-state index >= 15 is 0 Å². The van der Waals surface area contributed by atoms with E-state index in [1.807, 2.05) is 0 Å². The van der Waals surface area contributed by atoms with Gasteiger partial charge < -0.3 is 0 Å². The molecule has 7 heteroatoms. The number of hydrogen-bond acceptors (Lipinski definition) is 3. The predicted octanol–water partition coefficient (Wildman–Crippen LogP) is 1.44. The first-order valence-electron chi connectivity index (χ1n) is 4.62. The molecule has 1 aromatic rings. The van der Waals surface area contributed by atoms with E-state index in [4.69, 9.17) is 5.26 Å². The van der Waals surface area contributed by atoms with Gasteiger partial charge >= 0.3 is 0 Å². The van der Waals surface area contributed by atoms with Crippen LogP contribution in [0.2, 0.25) is 0 Å². The van der Waals surface area contributed by atoms with Crippen molar-refractivity contribution in [2.45, 2.75) is 11.3 Å². The van der Waals surface area contributed by atoms with Crippen LogP contribution >= 0.6 is 0 Å². The summed E-state index contributed by atoms with van der Waals surface area (Å²) < 4.78 is 48.4. The van der Waals surface area contributed by atoms with Crippen molar-refractivity contribution in [1.29, 1.82) is 5.26 Å². The van der Waals surface area contributed by atoms with Crippen LogP contribution in [0.15, 0.2) is 29.2 Å². The lowest BCUT2D eigenvalue weighted by atomic mass is 10.2. The molecule has 0 saturated carbocycles. The van der Waals surface area contributed by atoms with Crippen molar-refractivity contribution in [1.82, 2.24) is 4.31 Å². The second kappa shape index (κ2) is 5.21. The summed E-state index contributed by atoms with van der Waals surface area (Å²) in [6.45, 7) is -0.876. The van der Waals surface area contributed by atoms with Crippen LogP contribution in [-0.4, -0.2) is 32.7 Å². The van der Waals surface area contributed by atoms with Gasteiger partial charge in [0.2, 0.25) is 10.0 Å². The molecule has 0 bridgehead atoms. The van der Waals surface area contributed by atoms with E-state index in [1.54, 1.807) is 6.07 Å². The Bertz CT molecular complexity index is 537. The Labute approximate surface area is 98.1 Å². The molecule has 1 aromatic carbocycles. The number of halogens is 2. The SMILES string of the molecule is CN(CC(F)F)S(=O)(=O)c1cccc(C#N)c1. The van der Waals surface area contributed by atoms with E-state index < -0.39 is 23.0 Å². The molecule has 1 rings (SSSR count). The molecular formula is C10H10F2N2O2S. The molecule has 17 heavy (non-hydrogen) atoms. The fourth-order valence-corrected chi connectivity index (χ4v) is 2.39. The van der Waals surface area contributed by atoms with Crippen LogP contribution in [0.25, 0.3) is 0 Å². The van der Waals surface area contributed by atoms with E-state index in [2.05, 4.69) is 0 Å². The van der Waals surface area contributed by atoms with Crippen LogP contribution in [0.3, 0.4) is 0 Å². The summed E-state index contributed by atoms with van der Waals surface area (Å²) in [5.74, 6) is 0. The molecule has 0 amide bonds. The normalized spacial score (nSPS) is 11.8. The number of alkyl halides is 2. The number of nitrogens with zero attached hydrogens (tertiary/aromatic N) is 2. The van der Waals surface area contributed by atoms with E-state index in [0.717, 1.165) is 13.1 Å². The molecule has 92 valence electrons. The minimum atomic E-state index is -3.96. The van der Waals surface area contributed by atoms with E-state index in [9.17, 15) is 17.2 Å². The molecule has 4 nitrogen and oxygen atoms in total. The average Bonchev–Trinajstić information content (AvgIpc) is 2.28. The third-order valence-corrected chi connectivity index (χ3v) is 3.89. The number of nitriles is 1. The number of hydrogen-bond donors (Lipinski definition) is 0. The molecule has 0 N–H and O–H groups in total. The zero-order chi connectivity index (χ0) is 13.1. The molecule has 0 aromatic heterocycles. The summed E-state index contributed by atoms with van der Waals surface area (Å²) in [5, 5.41) is 8.63. The minimum absolute atomic E-state index is 0.163. The summed E-state index contributed by atoms with van der Waals surface area (Å²) >= 11 is 0. The van der Waals surface area contributed by atoms with Crippen molar-refractivity contribution in [2.75, 3.05) is 13.6 Å². The maximum Gasteiger partial charge on any atom is 0.252 e. The molecule has 0 aliphatic heterocycles. The molecule has 0 radical (unpaired) electrons. The quantitative estimate of drug-likeness (QED) is 0.823. The predicted molar refractivity (Wildman–Crippen MR) is 57.0 cm³/mol. The number of sulfonamides is 1. The van der Waals surface area contributed by atoms with Gasteiger partial charge in [-0.05, 0) is 18.2 Å². The second-order valence-corrected chi connectivity index (χ2v) is 5.36. The standard InChI is InChI=1S/C10H10F2N2O2S/c1-14(7-10(11)12)17(15,16)9-4-2-3-8(5-9)6-13/h2-5,10H,7H2,1H3. The van der Waals surface area contributed by atoms with Gasteiger partial charge in [-0.3, -0.25) is 0 Å². The highest BCUT2D eigenvalue weighted by Crippen LogP contribution is 2.16. The first kappa shape index (κ1) is 13.5. The molecule has 0 saturated heterocycles. The Morgan fingerprint density at radius 3 is 2.65 bits per heavy atom. The van der Waals surface area contributed by atoms with Crippen LogP contribution in [0.5, 0.6) is 0 Å². The second-order valence-electron chi connectivity index (χ2n) is 3.32. The van der Waals surface area contributed by atoms with Crippen LogP contribution in [0.4, 0.5) is 8.78 Å². The Balaban J connectivity index is 3.09. The van der Waals surface area contributed by atoms with Crippen molar-refractivity contribution >= 4 is 10.0 Å². The third kappa shape index (κ3) is 3.22. The minimum Gasteiger partial charge on any atom is -0.209 e. The third-order valence-electron chi connectivity index (χ3n) is 2.07. The van der Waals surface area contributed by atoms with Gasteiger partial charge in [-0.15, -0.1) is 0 Å². The Hall–Kier alpha value is -1.52. The van der Waals surface area contributed by atoms with E-state index in [0.29, 0.717) is 4.31 Å². The molecule has 0 atom stereocenters. The summed E-state index contributed by atoms with van der Waals surface area (Å²) in [4.78, 5) is -0.167. The van der Waals surface area contributed by atoms with Crippen molar-refractivity contribution in [3.63, 3.8) is 0 Å². The zero-order valence-corrected chi connectivity index (χ0v) is 9.79. The van der Waals surface area contributed by atoms with E-state index in [1.165, 1.54) is 18.2 Å². The highest BCUT2D eigenvalue weighted by molar-refractivity contribution is 7.89. The molecule has 0 unspecified atom stereocenters. The largest absolute Gasteiger partial charge is 0.252 e. The van der Waals surface area contributed by atoms with Gasteiger partial charge in [0.25, 0.3) is 6.43 Å². The summed E-state index contributed by atoms with van der Waals surface area (Å²) in [7, 11) is -2.89. The van der Waals surface area contributed by atoms with Gasteiger partial charge in [0.05, 0.1) is 23.1 Å². The maximum absolute atomic E-state index is 12.1. The van der Waals surface area contributed by atoms with E-state index in [-0.39, 0.29) is 10.5 Å². The number of rotatable bonds is 4. The van der Waals surface area contributed by atoms with Gasteiger partial charge in [0.15, 0.2) is 0 Å². The summed E-state index contributed by atoms with van der Waals surface area (Å²) in [6, 6.07) is 7.03. The van der Waals surface area contributed by atoms with Gasteiger partial charge in [0.1, 0.15) is 0 Å². The van der Waals surface area contributed by atoms with Crippen LogP contribution in [0, 0.1) is 11.3 Å². The van der Waals surface area contributed by atoms with Crippen molar-refractivity contribution in [2.24, 2.45) is 0 Å². The molecular weight excluding hydrogens is 250 g/mol. The van der Waals surface area contributed by atoms with Crippen LogP contribution in [0.1, 0.15) is 5.56 Å². The first-order valence-corrected chi connectivity index (χ1v) is 6.06. The van der Waals surface area contributed by atoms with Gasteiger partial charge in [-0.2, -0.15) is 9.57 Å². The Morgan fingerprint density at radius 1 is 1.47 bits per heavy atom. The molecule has 0 fully saturated rings. The fourth-order valence-electron chi connectivity index (χ4n) is 1.20. The zero-order valence-electron chi connectivity index (χ0n) is 8.97. The molecule has 0 aliphatic rings. The van der Waals surface area contributed by atoms with Crippen LogP contribution < -0.4 is 0 Å². The van der Waals surface area contributed by atoms with Crippen molar-refractivity contribution < 1.29 is 17.2 Å². The fraction of sp³-hybridized carbons (Fsp3) is 0.300. The molecule has 0 heterocycles. The van der Waals surface area contributed by atoms with Gasteiger partial charge in [0, 0.05) is 7.05 Å². The lowest BCUT2D eigenvalue weighted by molar-refractivity contribution is 0.126. The monoisotopic (exact) mass is 260 g/mol. The average molecular weight is 260 g/mol. The first-order chi connectivity index (χ1) is 7.87. The van der Waals surface area contributed by atoms with Crippen molar-refractivity contribution in [3.8, 4) is 6.07 Å². The van der Waals surface area contributed by atoms with Crippen molar-refractivity contribution in [3.05, 3.63) is 29.8 Å². The highest BCUT2D eigenvalue weighted by Gasteiger charge is 2.23. The van der Waals surface area contributed by atoms with Gasteiger partial charge in [-0.1, -0.05) is 6.07 Å². The maximum atomic E-state index is 12.1. The molecule has 0 aliphatic carbocycles. The lowest BCUT2D eigenvalue weighted by Crippen LogP contribution is -2.31. The highest BCUT2D eigenvalue weighted by atomic mass is 32.2. The summed E-state index contributed by atoms with van der Waals surface area (Å²) in [5.41, 5.74) is 0.163. The molecule has 0 spiro atoms. The lowest BCUT2D eigenvalue weighted by Gasteiger charge is -2.16. The van der Waals surface area contributed by atoms with Gasteiger partial charge in [-0.25, -0.2) is 17.2 Å². The Kier molecular flexibility index (Phi) is 4.15. The Morgan fingerprint density at radius 2 is 2.12 bits per heavy atom. The summed E-state index contributed by atoms with van der Waals surface area (Å²) in [6.07, 6.45) is -2.74. The van der Waals surface area contributed by atoms with Crippen LogP contribution in [-0.2, 0) is 10.0 Å². The smallest absolute Gasteiger partial charge is 0.209 e. The topological polar surface area (TPSA) is 61.2 Å².